The molecule has 4 heterocycles. The number of hydrogen-bond donors (Lipinski definition) is 1. The van der Waals surface area contributed by atoms with Crippen molar-refractivity contribution in [3.05, 3.63) is 47.9 Å². The number of hydrogen-bond acceptors (Lipinski definition) is 5. The maximum atomic E-state index is 4.60. The zero-order valence-electron chi connectivity index (χ0n) is 14.2. The number of anilines is 1. The zero-order chi connectivity index (χ0) is 17.1. The second-order valence-corrected chi connectivity index (χ2v) is 6.76. The fraction of sp³-hybridized carbons (Fsp3) is 0.353. The number of piperazine rings is 1. The van der Waals surface area contributed by atoms with Crippen molar-refractivity contribution < 1.29 is 0 Å². The lowest BCUT2D eigenvalue weighted by atomic mass is 10.3. The summed E-state index contributed by atoms with van der Waals surface area (Å²) in [6.45, 7) is 4.42. The minimum atomic E-state index is 0.682. The smallest absolute Gasteiger partial charge is 0.194 e. The first-order chi connectivity index (χ1) is 12.3. The van der Waals surface area contributed by atoms with E-state index in [1.807, 2.05) is 37.0 Å². The summed E-state index contributed by atoms with van der Waals surface area (Å²) in [6, 6.07) is 6.05. The fourth-order valence-corrected chi connectivity index (χ4v) is 3.77. The monoisotopic (exact) mass is 355 g/mol. The third kappa shape index (κ3) is 3.43. The highest BCUT2D eigenvalue weighted by Crippen LogP contribution is 2.13. The molecule has 130 valence electrons. The van der Waals surface area contributed by atoms with Crippen LogP contribution in [0.3, 0.4) is 0 Å². The van der Waals surface area contributed by atoms with Crippen LogP contribution in [0.2, 0.25) is 0 Å². The van der Waals surface area contributed by atoms with Crippen LogP contribution in [-0.4, -0.2) is 58.5 Å². The van der Waals surface area contributed by atoms with Crippen LogP contribution in [-0.2, 0) is 6.54 Å². The minimum Gasteiger partial charge on any atom is -0.353 e. The molecule has 0 aromatic carbocycles. The molecule has 0 bridgehead atoms. The summed E-state index contributed by atoms with van der Waals surface area (Å²) < 4.78 is 2.05. The molecule has 1 aliphatic rings. The Labute approximate surface area is 150 Å². The van der Waals surface area contributed by atoms with Gasteiger partial charge in [-0.1, -0.05) is 6.07 Å². The third-order valence-corrected chi connectivity index (χ3v) is 5.11. The van der Waals surface area contributed by atoms with Crippen molar-refractivity contribution in [2.75, 3.05) is 38.1 Å². The average Bonchev–Trinajstić information content (AvgIpc) is 3.25. The fourth-order valence-electron chi connectivity index (χ4n) is 3.05. The molecular formula is C17H21N7S. The molecule has 3 aromatic heterocycles. The van der Waals surface area contributed by atoms with Crippen LogP contribution in [0, 0.1) is 0 Å². The van der Waals surface area contributed by atoms with Crippen LogP contribution >= 0.6 is 11.3 Å². The van der Waals surface area contributed by atoms with Gasteiger partial charge in [-0.2, -0.15) is 0 Å². The standard InChI is InChI=1S/C17H21N7S/c1-18-16(20-12-14-13-24-10-11-25-17(24)21-14)23-8-6-22(7-9-23)15-4-2-3-5-19-15/h2-5,10-11,13H,6-9,12H2,1H3,(H,18,20). The van der Waals surface area contributed by atoms with E-state index < -0.39 is 0 Å². The van der Waals surface area contributed by atoms with Gasteiger partial charge >= 0.3 is 0 Å². The van der Waals surface area contributed by atoms with E-state index in [4.69, 9.17) is 0 Å². The quantitative estimate of drug-likeness (QED) is 0.572. The van der Waals surface area contributed by atoms with Crippen molar-refractivity contribution in [3.63, 3.8) is 0 Å². The van der Waals surface area contributed by atoms with Gasteiger partial charge in [-0.15, -0.1) is 11.3 Å². The first kappa shape index (κ1) is 15.9. The van der Waals surface area contributed by atoms with E-state index in [2.05, 4.69) is 46.7 Å². The van der Waals surface area contributed by atoms with Crippen LogP contribution in [0.1, 0.15) is 5.69 Å². The summed E-state index contributed by atoms with van der Waals surface area (Å²) in [5, 5.41) is 5.47. The highest BCUT2D eigenvalue weighted by Gasteiger charge is 2.20. The summed E-state index contributed by atoms with van der Waals surface area (Å²) in [5.41, 5.74) is 1.03. The Balaban J connectivity index is 1.33. The lowest BCUT2D eigenvalue weighted by Gasteiger charge is -2.37. The van der Waals surface area contributed by atoms with Crippen molar-refractivity contribution in [2.45, 2.75) is 6.54 Å². The largest absolute Gasteiger partial charge is 0.353 e. The number of nitrogens with one attached hydrogen (secondary N) is 1. The number of pyridine rings is 1. The van der Waals surface area contributed by atoms with Crippen LogP contribution in [0.15, 0.2) is 47.2 Å². The van der Waals surface area contributed by atoms with Crippen molar-refractivity contribution in [1.82, 2.24) is 24.6 Å². The minimum absolute atomic E-state index is 0.682. The summed E-state index contributed by atoms with van der Waals surface area (Å²) in [4.78, 5) is 19.1. The molecule has 0 atom stereocenters. The lowest BCUT2D eigenvalue weighted by molar-refractivity contribution is 0.371. The molecule has 1 aliphatic heterocycles. The van der Waals surface area contributed by atoms with E-state index in [1.165, 1.54) is 0 Å². The number of guanidine groups is 1. The maximum Gasteiger partial charge on any atom is 0.194 e. The molecule has 25 heavy (non-hydrogen) atoms. The number of thiazole rings is 1. The van der Waals surface area contributed by atoms with Crippen LogP contribution in [0.5, 0.6) is 0 Å². The Morgan fingerprint density at radius 2 is 2.16 bits per heavy atom. The van der Waals surface area contributed by atoms with Crippen LogP contribution in [0.4, 0.5) is 5.82 Å². The Morgan fingerprint density at radius 1 is 1.28 bits per heavy atom. The van der Waals surface area contributed by atoms with Crippen LogP contribution in [0.25, 0.3) is 4.96 Å². The maximum absolute atomic E-state index is 4.60. The molecule has 1 N–H and O–H groups in total. The molecule has 0 spiro atoms. The van der Waals surface area contributed by atoms with Gasteiger partial charge in [0.25, 0.3) is 0 Å². The van der Waals surface area contributed by atoms with E-state index in [9.17, 15) is 0 Å². The van der Waals surface area contributed by atoms with Gasteiger partial charge in [0.1, 0.15) is 5.82 Å². The van der Waals surface area contributed by atoms with Gasteiger partial charge in [-0.25, -0.2) is 9.97 Å². The van der Waals surface area contributed by atoms with Gasteiger partial charge in [0.05, 0.1) is 12.2 Å². The molecular weight excluding hydrogens is 334 g/mol. The molecule has 0 saturated carbocycles. The number of rotatable bonds is 3. The van der Waals surface area contributed by atoms with Crippen molar-refractivity contribution >= 4 is 28.1 Å². The van der Waals surface area contributed by atoms with Crippen molar-refractivity contribution in [3.8, 4) is 0 Å². The molecule has 8 heteroatoms. The molecule has 3 aromatic rings. The Hall–Kier alpha value is -2.61. The molecule has 0 aliphatic carbocycles. The van der Waals surface area contributed by atoms with E-state index in [-0.39, 0.29) is 0 Å². The summed E-state index contributed by atoms with van der Waals surface area (Å²) in [5.74, 6) is 1.97. The molecule has 1 saturated heterocycles. The normalized spacial score (nSPS) is 15.8. The highest BCUT2D eigenvalue weighted by molar-refractivity contribution is 7.15. The van der Waals surface area contributed by atoms with Gasteiger partial charge in [0, 0.05) is 57.2 Å². The highest BCUT2D eigenvalue weighted by atomic mass is 32.1. The van der Waals surface area contributed by atoms with E-state index in [0.717, 1.165) is 48.6 Å². The Morgan fingerprint density at radius 3 is 2.88 bits per heavy atom. The molecule has 4 rings (SSSR count). The van der Waals surface area contributed by atoms with E-state index in [1.54, 1.807) is 11.3 Å². The Bertz CT molecular complexity index is 818. The summed E-state index contributed by atoms with van der Waals surface area (Å²) in [7, 11) is 1.83. The van der Waals surface area contributed by atoms with E-state index in [0.29, 0.717) is 6.54 Å². The van der Waals surface area contributed by atoms with Crippen molar-refractivity contribution in [2.24, 2.45) is 4.99 Å². The third-order valence-electron chi connectivity index (χ3n) is 4.34. The van der Waals surface area contributed by atoms with Crippen molar-refractivity contribution in [1.29, 1.82) is 0 Å². The summed E-state index contributed by atoms with van der Waals surface area (Å²) >= 11 is 1.65. The average molecular weight is 355 g/mol. The van der Waals surface area contributed by atoms with Gasteiger partial charge < -0.3 is 15.1 Å². The predicted octanol–water partition coefficient (Wildman–Crippen LogP) is 1.69. The number of imidazole rings is 1. The first-order valence-corrected chi connectivity index (χ1v) is 9.24. The SMILES string of the molecule is CN=C(NCc1cn2ccsc2n1)N1CCN(c2ccccn2)CC1. The molecule has 7 nitrogen and oxygen atoms in total. The van der Waals surface area contributed by atoms with Gasteiger partial charge in [0.15, 0.2) is 10.9 Å². The number of fused-ring (bicyclic) bond motifs is 1. The van der Waals surface area contributed by atoms with Gasteiger partial charge in [-0.05, 0) is 12.1 Å². The predicted molar refractivity (Wildman–Crippen MR) is 101 cm³/mol. The Kier molecular flexibility index (Phi) is 4.51. The van der Waals surface area contributed by atoms with E-state index >= 15 is 0 Å². The number of aliphatic imine (C=N–C) groups is 1. The number of nitrogens with zero attached hydrogens (tertiary/aromatic N) is 6. The lowest BCUT2D eigenvalue weighted by Crippen LogP contribution is -2.52. The molecule has 1 fully saturated rings. The van der Waals surface area contributed by atoms with Gasteiger partial charge in [-0.3, -0.25) is 9.39 Å². The topological polar surface area (TPSA) is 61.1 Å². The van der Waals surface area contributed by atoms with Gasteiger partial charge in [0.2, 0.25) is 0 Å². The summed E-state index contributed by atoms with van der Waals surface area (Å²) in [6.07, 6.45) is 5.94. The first-order valence-electron chi connectivity index (χ1n) is 8.36. The molecule has 0 amide bonds. The molecule has 0 radical (unpaired) electrons. The zero-order valence-corrected chi connectivity index (χ0v) is 15.0. The second-order valence-electron chi connectivity index (χ2n) is 5.89. The second kappa shape index (κ2) is 7.10. The number of aromatic nitrogens is 3. The molecule has 0 unspecified atom stereocenters. The van der Waals surface area contributed by atoms with Crippen LogP contribution < -0.4 is 10.2 Å².